The maximum Gasteiger partial charge on any atom is 0.0693 e. The molecule has 3 atom stereocenters. The number of nitrogens with one attached hydrogen (secondary N) is 1. The highest BCUT2D eigenvalue weighted by Crippen LogP contribution is 2.26. The molecule has 2 fully saturated rings. The Kier molecular flexibility index (Phi) is 1.24. The number of piperidine rings is 1. The first-order valence-electron chi connectivity index (χ1n) is 3.80. The summed E-state index contributed by atoms with van der Waals surface area (Å²) in [5.41, 5.74) is 0. The minimum absolute atomic E-state index is 0.0521. The van der Waals surface area contributed by atoms with Crippen LogP contribution in [0.15, 0.2) is 0 Å². The third-order valence-electron chi connectivity index (χ3n) is 2.55. The predicted molar refractivity (Wildman–Crippen MR) is 35.2 cm³/mol. The van der Waals surface area contributed by atoms with Gasteiger partial charge in [0.25, 0.3) is 0 Å². The van der Waals surface area contributed by atoms with E-state index in [0.717, 1.165) is 12.5 Å². The van der Waals surface area contributed by atoms with E-state index in [1.165, 1.54) is 19.3 Å². The van der Waals surface area contributed by atoms with E-state index in [9.17, 15) is 5.11 Å². The lowest BCUT2D eigenvalue weighted by Gasteiger charge is -2.25. The van der Waals surface area contributed by atoms with Crippen LogP contribution >= 0.6 is 0 Å². The zero-order valence-corrected chi connectivity index (χ0v) is 5.51. The largest absolute Gasteiger partial charge is 0.392 e. The van der Waals surface area contributed by atoms with Gasteiger partial charge in [-0.2, -0.15) is 0 Å². The topological polar surface area (TPSA) is 32.3 Å². The van der Waals surface area contributed by atoms with Crippen LogP contribution < -0.4 is 5.32 Å². The first-order chi connectivity index (χ1) is 4.36. The molecule has 2 aliphatic heterocycles. The van der Waals surface area contributed by atoms with E-state index >= 15 is 0 Å². The van der Waals surface area contributed by atoms with Crippen LogP contribution in [0.4, 0.5) is 0 Å². The summed E-state index contributed by atoms with van der Waals surface area (Å²) in [6.07, 6.45) is 4.61. The number of aliphatic hydroxyl groups is 1. The summed E-state index contributed by atoms with van der Waals surface area (Å²) in [7, 11) is 0. The van der Waals surface area contributed by atoms with Crippen molar-refractivity contribution in [1.82, 2.24) is 5.32 Å². The highest BCUT2D eigenvalue weighted by molar-refractivity contribution is 4.93. The van der Waals surface area contributed by atoms with Gasteiger partial charge in [-0.05, 0) is 25.7 Å². The lowest BCUT2D eigenvalue weighted by molar-refractivity contribution is 0.103. The second-order valence-electron chi connectivity index (χ2n) is 3.19. The molecule has 2 rings (SSSR count). The van der Waals surface area contributed by atoms with Crippen LogP contribution in [0.5, 0.6) is 0 Å². The van der Waals surface area contributed by atoms with E-state index in [2.05, 4.69) is 5.32 Å². The van der Waals surface area contributed by atoms with Gasteiger partial charge in [-0.15, -0.1) is 0 Å². The van der Waals surface area contributed by atoms with Gasteiger partial charge < -0.3 is 10.4 Å². The summed E-state index contributed by atoms with van der Waals surface area (Å²) >= 11 is 0. The fourth-order valence-electron chi connectivity index (χ4n) is 1.95. The van der Waals surface area contributed by atoms with Crippen molar-refractivity contribution in [3.8, 4) is 0 Å². The van der Waals surface area contributed by atoms with E-state index in [-0.39, 0.29) is 6.10 Å². The summed E-state index contributed by atoms with van der Waals surface area (Å²) < 4.78 is 0. The Morgan fingerprint density at radius 1 is 1.11 bits per heavy atom. The number of fused-ring (bicyclic) bond motifs is 2. The third-order valence-corrected chi connectivity index (χ3v) is 2.55. The Labute approximate surface area is 55.3 Å². The van der Waals surface area contributed by atoms with Crippen molar-refractivity contribution in [1.29, 1.82) is 0 Å². The van der Waals surface area contributed by atoms with Gasteiger partial charge in [0.05, 0.1) is 6.10 Å². The van der Waals surface area contributed by atoms with Gasteiger partial charge in [-0.1, -0.05) is 0 Å². The van der Waals surface area contributed by atoms with Crippen molar-refractivity contribution in [3.05, 3.63) is 0 Å². The zero-order valence-electron chi connectivity index (χ0n) is 5.51. The average Bonchev–Trinajstić information content (AvgIpc) is 2.25. The minimum atomic E-state index is -0.0521. The van der Waals surface area contributed by atoms with Crippen molar-refractivity contribution in [2.75, 3.05) is 0 Å². The molecule has 2 heteroatoms. The Balaban J connectivity index is 2.05. The molecule has 52 valence electrons. The summed E-state index contributed by atoms with van der Waals surface area (Å²) in [6.45, 7) is 0. The van der Waals surface area contributed by atoms with Crippen molar-refractivity contribution in [2.24, 2.45) is 0 Å². The van der Waals surface area contributed by atoms with Crippen LogP contribution in [0, 0.1) is 0 Å². The molecule has 2 N–H and O–H groups in total. The molecular formula is C7H13NO. The van der Waals surface area contributed by atoms with E-state index in [1.807, 2.05) is 0 Å². The SMILES string of the molecule is O[C@@H]1CC[C@H]2CC[C@@H]1N2. The van der Waals surface area contributed by atoms with Crippen molar-refractivity contribution < 1.29 is 5.11 Å². The Morgan fingerprint density at radius 2 is 1.89 bits per heavy atom. The van der Waals surface area contributed by atoms with Crippen LogP contribution in [0.25, 0.3) is 0 Å². The Morgan fingerprint density at radius 3 is 2.67 bits per heavy atom. The van der Waals surface area contributed by atoms with E-state index < -0.39 is 0 Å². The van der Waals surface area contributed by atoms with Crippen molar-refractivity contribution in [2.45, 2.75) is 43.9 Å². The molecule has 0 unspecified atom stereocenters. The van der Waals surface area contributed by atoms with E-state index in [1.54, 1.807) is 0 Å². The fourth-order valence-corrected chi connectivity index (χ4v) is 1.95. The normalized spacial score (nSPS) is 49.7. The standard InChI is InChI=1S/C7H13NO/c9-7-4-2-5-1-3-6(7)8-5/h5-9H,1-4H2/t5-,6+,7-/m1/s1. The predicted octanol–water partition coefficient (Wildman–Crippen LogP) is 0.262. The molecule has 0 aromatic rings. The molecule has 0 spiro atoms. The molecule has 9 heavy (non-hydrogen) atoms. The van der Waals surface area contributed by atoms with Gasteiger partial charge in [0.2, 0.25) is 0 Å². The second kappa shape index (κ2) is 1.96. The van der Waals surface area contributed by atoms with Gasteiger partial charge in [0.15, 0.2) is 0 Å². The Hall–Kier alpha value is -0.0800. The number of aliphatic hydroxyl groups excluding tert-OH is 1. The summed E-state index contributed by atoms with van der Waals surface area (Å²) in [5.74, 6) is 0. The maximum atomic E-state index is 9.33. The monoisotopic (exact) mass is 127 g/mol. The summed E-state index contributed by atoms with van der Waals surface area (Å²) in [5, 5.41) is 12.7. The molecule has 0 radical (unpaired) electrons. The van der Waals surface area contributed by atoms with Crippen LogP contribution in [-0.4, -0.2) is 23.3 Å². The number of hydrogen-bond donors (Lipinski definition) is 2. The van der Waals surface area contributed by atoms with Gasteiger partial charge >= 0.3 is 0 Å². The molecule has 0 aromatic heterocycles. The molecule has 2 saturated heterocycles. The minimum Gasteiger partial charge on any atom is -0.392 e. The van der Waals surface area contributed by atoms with Crippen molar-refractivity contribution >= 4 is 0 Å². The van der Waals surface area contributed by atoms with Crippen LogP contribution in [0.1, 0.15) is 25.7 Å². The van der Waals surface area contributed by atoms with Crippen LogP contribution in [-0.2, 0) is 0 Å². The third kappa shape index (κ3) is 0.864. The summed E-state index contributed by atoms with van der Waals surface area (Å²) in [4.78, 5) is 0. The number of rotatable bonds is 0. The first-order valence-corrected chi connectivity index (χ1v) is 3.80. The summed E-state index contributed by atoms with van der Waals surface area (Å²) in [6, 6.07) is 1.17. The molecule has 0 aliphatic carbocycles. The quantitative estimate of drug-likeness (QED) is 0.489. The van der Waals surface area contributed by atoms with Gasteiger partial charge in [-0.3, -0.25) is 0 Å². The second-order valence-corrected chi connectivity index (χ2v) is 3.19. The molecular weight excluding hydrogens is 114 g/mol. The zero-order chi connectivity index (χ0) is 6.27. The maximum absolute atomic E-state index is 9.33. The highest BCUT2D eigenvalue weighted by Gasteiger charge is 2.33. The molecule has 0 amide bonds. The molecule has 2 aliphatic rings. The first kappa shape index (κ1) is 5.69. The fraction of sp³-hybridized carbons (Fsp3) is 1.00. The lowest BCUT2D eigenvalue weighted by Crippen LogP contribution is -2.43. The van der Waals surface area contributed by atoms with Crippen LogP contribution in [0.2, 0.25) is 0 Å². The van der Waals surface area contributed by atoms with Gasteiger partial charge in [0.1, 0.15) is 0 Å². The van der Waals surface area contributed by atoms with Crippen molar-refractivity contribution in [3.63, 3.8) is 0 Å². The van der Waals surface area contributed by atoms with Gasteiger partial charge in [0, 0.05) is 12.1 Å². The molecule has 2 nitrogen and oxygen atoms in total. The van der Waals surface area contributed by atoms with E-state index in [0.29, 0.717) is 6.04 Å². The molecule has 2 bridgehead atoms. The lowest BCUT2D eigenvalue weighted by atomic mass is 10.0. The molecule has 0 aromatic carbocycles. The molecule has 0 saturated carbocycles. The van der Waals surface area contributed by atoms with Gasteiger partial charge in [-0.25, -0.2) is 0 Å². The van der Waals surface area contributed by atoms with Crippen LogP contribution in [0.3, 0.4) is 0 Å². The average molecular weight is 127 g/mol. The molecule has 2 heterocycles. The number of hydrogen-bond acceptors (Lipinski definition) is 2. The smallest absolute Gasteiger partial charge is 0.0693 e. The van der Waals surface area contributed by atoms with E-state index in [4.69, 9.17) is 0 Å². The highest BCUT2D eigenvalue weighted by atomic mass is 16.3. The Bertz CT molecular complexity index is 115.